The maximum absolute atomic E-state index is 3.61. The Bertz CT molecular complexity index is 333. The predicted molar refractivity (Wildman–Crippen MR) is 44.0 cm³/mol. The summed E-state index contributed by atoms with van der Waals surface area (Å²) >= 11 is 0. The van der Waals surface area contributed by atoms with Crippen molar-refractivity contribution in [3.63, 3.8) is 0 Å². The average molecular weight is 179 g/mol. The minimum absolute atomic E-state index is 0. The summed E-state index contributed by atoms with van der Waals surface area (Å²) in [6.07, 6.45) is 1.55. The molecular weight excluding hydrogens is 170 g/mol. The van der Waals surface area contributed by atoms with E-state index in [-0.39, 0.29) is 5.48 Å². The fourth-order valence-corrected chi connectivity index (χ4v) is 0.883. The molecule has 0 atom stereocenters. The van der Waals surface area contributed by atoms with Gasteiger partial charge in [-0.2, -0.15) is 0 Å². The zero-order valence-corrected chi connectivity index (χ0v) is 6.75. The molecule has 13 heavy (non-hydrogen) atoms. The second kappa shape index (κ2) is 4.17. The number of nitrogens with one attached hydrogen (secondary N) is 2. The number of hydrogen-bond donors (Lipinski definition) is 2. The predicted octanol–water partition coefficient (Wildman–Crippen LogP) is -0.209. The minimum atomic E-state index is 0. The van der Waals surface area contributed by atoms with E-state index < -0.39 is 0 Å². The zero-order chi connectivity index (χ0) is 8.23. The van der Waals surface area contributed by atoms with Crippen molar-refractivity contribution in [1.29, 1.82) is 0 Å². The summed E-state index contributed by atoms with van der Waals surface area (Å²) in [7, 11) is 0. The summed E-state index contributed by atoms with van der Waals surface area (Å²) in [6.45, 7) is 0. The number of para-hydroxylation sites is 1. The van der Waals surface area contributed by atoms with Gasteiger partial charge in [0, 0.05) is 0 Å². The van der Waals surface area contributed by atoms with Crippen LogP contribution in [-0.2, 0) is 0 Å². The van der Waals surface area contributed by atoms with E-state index in [0.29, 0.717) is 0 Å². The molecule has 1 aromatic carbocycles. The molecule has 0 bridgehead atoms. The van der Waals surface area contributed by atoms with Crippen molar-refractivity contribution in [1.82, 2.24) is 15.5 Å². The minimum Gasteiger partial charge on any atom is -0.870 e. The molecule has 6 heteroatoms. The van der Waals surface area contributed by atoms with Gasteiger partial charge in [0.05, 0.1) is 5.69 Å². The summed E-state index contributed by atoms with van der Waals surface area (Å²) < 4.78 is 0. The largest absolute Gasteiger partial charge is 0.870 e. The number of benzene rings is 1. The first-order chi connectivity index (χ1) is 5.95. The molecule has 3 N–H and O–H groups in total. The van der Waals surface area contributed by atoms with Gasteiger partial charge in [-0.15, -0.1) is 0 Å². The van der Waals surface area contributed by atoms with Crippen molar-refractivity contribution in [2.45, 2.75) is 0 Å². The smallest absolute Gasteiger partial charge is 0.312 e. The lowest BCUT2D eigenvalue weighted by Crippen LogP contribution is -2.43. The highest BCUT2D eigenvalue weighted by Gasteiger charge is 1.96. The molecule has 1 heterocycles. The number of aromatic amines is 1. The zero-order valence-electron chi connectivity index (χ0n) is 6.75. The van der Waals surface area contributed by atoms with Crippen molar-refractivity contribution in [2.75, 3.05) is 5.43 Å². The number of nitrogens with zero attached hydrogens (tertiary/aromatic N) is 3. The normalized spacial score (nSPS) is 8.92. The van der Waals surface area contributed by atoms with Gasteiger partial charge in [0.25, 0.3) is 0 Å². The Balaban J connectivity index is 0.000000845. The van der Waals surface area contributed by atoms with Crippen LogP contribution in [0.1, 0.15) is 0 Å². The van der Waals surface area contributed by atoms with Crippen LogP contribution in [0.15, 0.2) is 36.7 Å². The molecule has 2 rings (SSSR count). The van der Waals surface area contributed by atoms with E-state index in [0.717, 1.165) is 5.69 Å². The molecule has 0 aliphatic rings. The first-order valence-electron chi connectivity index (χ1n) is 3.55. The average Bonchev–Trinajstić information content (AvgIpc) is 2.59. The van der Waals surface area contributed by atoms with Crippen molar-refractivity contribution in [2.24, 2.45) is 0 Å². The molecule has 1 aromatic heterocycles. The number of anilines is 1. The van der Waals surface area contributed by atoms with Crippen LogP contribution in [0.25, 0.3) is 0 Å². The SMILES string of the molecule is [OH-].c1ccc(N[n+]2cnn[nH]2)cc1. The van der Waals surface area contributed by atoms with E-state index in [4.69, 9.17) is 0 Å². The van der Waals surface area contributed by atoms with Gasteiger partial charge in [-0.1, -0.05) is 28.2 Å². The standard InChI is InChI=1S/C7H7N5.H2O/c1-2-4-7(5-3-1)9-12-6-8-10-11-12;/h1-6,9H;1H2. The van der Waals surface area contributed by atoms with Gasteiger partial charge in [0.2, 0.25) is 0 Å². The highest BCUT2D eigenvalue weighted by Crippen LogP contribution is 2.01. The van der Waals surface area contributed by atoms with Crippen LogP contribution in [0.4, 0.5) is 5.69 Å². The molecule has 0 aliphatic carbocycles. The lowest BCUT2D eigenvalue weighted by molar-refractivity contribution is -0.704. The number of hydrogen-bond acceptors (Lipinski definition) is 4. The molecule has 0 unspecified atom stereocenters. The van der Waals surface area contributed by atoms with Gasteiger partial charge in [0.1, 0.15) is 5.10 Å². The van der Waals surface area contributed by atoms with E-state index in [2.05, 4.69) is 21.0 Å². The van der Waals surface area contributed by atoms with E-state index in [1.807, 2.05) is 30.3 Å². The first kappa shape index (κ1) is 9.14. The molecule has 68 valence electrons. The topological polar surface area (TPSA) is 87.5 Å². The fourth-order valence-electron chi connectivity index (χ4n) is 0.883. The monoisotopic (exact) mass is 179 g/mol. The van der Waals surface area contributed by atoms with Crippen LogP contribution < -0.4 is 10.2 Å². The molecule has 0 spiro atoms. The molecule has 0 aliphatic heterocycles. The van der Waals surface area contributed by atoms with Gasteiger partial charge in [0.15, 0.2) is 5.21 Å². The Morgan fingerprint density at radius 3 is 2.62 bits per heavy atom. The molecule has 0 saturated carbocycles. The summed E-state index contributed by atoms with van der Waals surface area (Å²) in [5, 5.41) is 9.79. The molecule has 0 amide bonds. The van der Waals surface area contributed by atoms with Gasteiger partial charge in [-0.05, 0) is 12.1 Å². The highest BCUT2D eigenvalue weighted by molar-refractivity contribution is 5.39. The van der Waals surface area contributed by atoms with Crippen LogP contribution in [-0.4, -0.2) is 21.0 Å². The van der Waals surface area contributed by atoms with Crippen molar-refractivity contribution in [3.05, 3.63) is 36.7 Å². The Labute approximate surface area is 74.5 Å². The molecule has 6 nitrogen and oxygen atoms in total. The van der Waals surface area contributed by atoms with Gasteiger partial charge in [-0.25, -0.2) is 5.43 Å². The molecular formula is C7H9N5O. The molecule has 0 saturated heterocycles. The van der Waals surface area contributed by atoms with Crippen molar-refractivity contribution < 1.29 is 10.3 Å². The summed E-state index contributed by atoms with van der Waals surface area (Å²) in [6, 6.07) is 9.77. The molecule has 0 radical (unpaired) electrons. The summed E-state index contributed by atoms with van der Waals surface area (Å²) in [4.78, 5) is 1.56. The fraction of sp³-hybridized carbons (Fsp3) is 0. The third-order valence-electron chi connectivity index (χ3n) is 1.40. The lowest BCUT2D eigenvalue weighted by atomic mass is 10.3. The number of H-pyrrole nitrogens is 1. The van der Waals surface area contributed by atoms with Gasteiger partial charge >= 0.3 is 6.33 Å². The van der Waals surface area contributed by atoms with Gasteiger partial charge in [-0.3, -0.25) is 0 Å². The second-order valence-corrected chi connectivity index (χ2v) is 2.28. The number of aromatic nitrogens is 4. The Hall–Kier alpha value is -1.95. The van der Waals surface area contributed by atoms with E-state index in [9.17, 15) is 0 Å². The second-order valence-electron chi connectivity index (χ2n) is 2.28. The summed E-state index contributed by atoms with van der Waals surface area (Å²) in [5.74, 6) is 0. The number of rotatable bonds is 2. The molecule has 0 fully saturated rings. The lowest BCUT2D eigenvalue weighted by Gasteiger charge is -1.98. The van der Waals surface area contributed by atoms with E-state index >= 15 is 0 Å². The van der Waals surface area contributed by atoms with Gasteiger partial charge < -0.3 is 5.48 Å². The third kappa shape index (κ3) is 2.24. The maximum atomic E-state index is 3.61. The van der Waals surface area contributed by atoms with Crippen LogP contribution in [0.3, 0.4) is 0 Å². The van der Waals surface area contributed by atoms with Crippen LogP contribution >= 0.6 is 0 Å². The third-order valence-corrected chi connectivity index (χ3v) is 1.40. The first-order valence-corrected chi connectivity index (χ1v) is 3.55. The molecule has 2 aromatic rings. The highest BCUT2D eigenvalue weighted by atomic mass is 16.0. The Morgan fingerprint density at radius 1 is 1.23 bits per heavy atom. The van der Waals surface area contributed by atoms with Crippen LogP contribution in [0, 0.1) is 0 Å². The Kier molecular flexibility index (Phi) is 2.93. The summed E-state index contributed by atoms with van der Waals surface area (Å²) in [5.41, 5.74) is 4.00. The van der Waals surface area contributed by atoms with Crippen LogP contribution in [0.2, 0.25) is 0 Å². The number of tetrazole rings is 1. The Morgan fingerprint density at radius 2 is 2.00 bits per heavy atom. The van der Waals surface area contributed by atoms with E-state index in [1.54, 1.807) is 11.1 Å². The van der Waals surface area contributed by atoms with Crippen LogP contribution in [0.5, 0.6) is 0 Å². The van der Waals surface area contributed by atoms with Crippen molar-refractivity contribution in [3.8, 4) is 0 Å². The van der Waals surface area contributed by atoms with E-state index in [1.165, 1.54) is 0 Å². The maximum Gasteiger partial charge on any atom is 0.312 e. The quantitative estimate of drug-likeness (QED) is 0.624. The van der Waals surface area contributed by atoms with Crippen molar-refractivity contribution >= 4 is 5.69 Å².